The van der Waals surface area contributed by atoms with Gasteiger partial charge in [0.2, 0.25) is 0 Å². The molecule has 0 spiro atoms. The SMILES string of the molecule is CCCCSc1nc(N)c2ncn(CCCC#N)c2n1. The van der Waals surface area contributed by atoms with Crippen LogP contribution in [-0.2, 0) is 6.54 Å². The molecule has 0 amide bonds. The van der Waals surface area contributed by atoms with Crippen molar-refractivity contribution in [3.05, 3.63) is 6.33 Å². The molecule has 0 saturated heterocycles. The lowest BCUT2D eigenvalue weighted by atomic mass is 10.3. The van der Waals surface area contributed by atoms with Gasteiger partial charge in [-0.05, 0) is 12.8 Å². The largest absolute Gasteiger partial charge is 0.382 e. The number of fused-ring (bicyclic) bond motifs is 1. The van der Waals surface area contributed by atoms with Gasteiger partial charge in [0, 0.05) is 18.7 Å². The molecule has 0 aromatic carbocycles. The second-order valence-corrected chi connectivity index (χ2v) is 5.53. The molecule has 0 unspecified atom stereocenters. The first-order valence-electron chi connectivity index (χ1n) is 6.74. The third-order valence-electron chi connectivity index (χ3n) is 2.89. The quantitative estimate of drug-likeness (QED) is 0.478. The number of nitrogen functional groups attached to an aromatic ring is 1. The fraction of sp³-hybridized carbons (Fsp3) is 0.538. The maximum Gasteiger partial charge on any atom is 0.191 e. The number of unbranched alkanes of at least 4 members (excludes halogenated alkanes) is 2. The van der Waals surface area contributed by atoms with Crippen LogP contribution >= 0.6 is 11.8 Å². The number of nitrogens with zero attached hydrogens (tertiary/aromatic N) is 5. The number of hydrogen-bond donors (Lipinski definition) is 1. The second-order valence-electron chi connectivity index (χ2n) is 4.47. The van der Waals surface area contributed by atoms with Crippen molar-refractivity contribution in [3.8, 4) is 6.07 Å². The summed E-state index contributed by atoms with van der Waals surface area (Å²) in [4.78, 5) is 13.1. The lowest BCUT2D eigenvalue weighted by Crippen LogP contribution is -2.01. The van der Waals surface area contributed by atoms with Crippen LogP contribution in [0.15, 0.2) is 11.5 Å². The average Bonchev–Trinajstić information content (AvgIpc) is 2.83. The number of aryl methyl sites for hydroxylation is 1. The number of nitrogens with two attached hydrogens (primary N) is 1. The Morgan fingerprint density at radius 2 is 2.25 bits per heavy atom. The zero-order valence-corrected chi connectivity index (χ0v) is 12.4. The van der Waals surface area contributed by atoms with Gasteiger partial charge in [-0.25, -0.2) is 15.0 Å². The standard InChI is InChI=1S/C13H18N6S/c1-2-3-8-20-13-17-11(15)10-12(18-13)19(9-16-10)7-5-4-6-14/h9H,2-5,7-8H2,1H3,(H2,15,17,18). The van der Waals surface area contributed by atoms with E-state index in [1.165, 1.54) is 0 Å². The van der Waals surface area contributed by atoms with Crippen LogP contribution in [0.3, 0.4) is 0 Å². The lowest BCUT2D eigenvalue weighted by Gasteiger charge is -2.04. The van der Waals surface area contributed by atoms with Crippen molar-refractivity contribution in [2.45, 2.75) is 44.3 Å². The topological polar surface area (TPSA) is 93.4 Å². The molecule has 0 fully saturated rings. The van der Waals surface area contributed by atoms with Gasteiger partial charge >= 0.3 is 0 Å². The molecule has 2 heterocycles. The van der Waals surface area contributed by atoms with Crippen molar-refractivity contribution < 1.29 is 0 Å². The van der Waals surface area contributed by atoms with Crippen LogP contribution in [0.5, 0.6) is 0 Å². The third kappa shape index (κ3) is 3.39. The van der Waals surface area contributed by atoms with E-state index in [1.54, 1.807) is 18.1 Å². The van der Waals surface area contributed by atoms with Crippen LogP contribution in [-0.4, -0.2) is 25.3 Å². The highest BCUT2D eigenvalue weighted by Crippen LogP contribution is 2.22. The van der Waals surface area contributed by atoms with E-state index in [0.717, 1.165) is 37.2 Å². The van der Waals surface area contributed by atoms with E-state index >= 15 is 0 Å². The Labute approximate surface area is 122 Å². The van der Waals surface area contributed by atoms with Crippen LogP contribution in [0.4, 0.5) is 5.82 Å². The van der Waals surface area contributed by atoms with Crippen molar-refractivity contribution in [3.63, 3.8) is 0 Å². The number of imidazole rings is 1. The number of anilines is 1. The van der Waals surface area contributed by atoms with Gasteiger partial charge in [0.1, 0.15) is 5.52 Å². The first-order valence-corrected chi connectivity index (χ1v) is 7.73. The molecule has 0 saturated carbocycles. The maximum atomic E-state index is 8.59. The summed E-state index contributed by atoms with van der Waals surface area (Å²) in [6, 6.07) is 2.14. The molecule has 0 radical (unpaired) electrons. The zero-order chi connectivity index (χ0) is 14.4. The Kier molecular flexibility index (Phi) is 5.18. The second kappa shape index (κ2) is 7.10. The summed E-state index contributed by atoms with van der Waals surface area (Å²) in [5.74, 6) is 1.41. The summed E-state index contributed by atoms with van der Waals surface area (Å²) in [7, 11) is 0. The fourth-order valence-corrected chi connectivity index (χ4v) is 2.74. The summed E-state index contributed by atoms with van der Waals surface area (Å²) in [5, 5.41) is 9.29. The minimum atomic E-state index is 0.424. The molecule has 106 valence electrons. The Balaban J connectivity index is 2.21. The molecular formula is C13H18N6S. The number of aromatic nitrogens is 4. The van der Waals surface area contributed by atoms with Gasteiger partial charge < -0.3 is 10.3 Å². The van der Waals surface area contributed by atoms with Gasteiger partial charge in [0.05, 0.1) is 12.4 Å². The maximum absolute atomic E-state index is 8.59. The van der Waals surface area contributed by atoms with Crippen molar-refractivity contribution in [2.24, 2.45) is 0 Å². The molecule has 0 bridgehead atoms. The predicted molar refractivity (Wildman–Crippen MR) is 80.2 cm³/mol. The van der Waals surface area contributed by atoms with Crippen molar-refractivity contribution in [2.75, 3.05) is 11.5 Å². The minimum Gasteiger partial charge on any atom is -0.382 e. The molecule has 20 heavy (non-hydrogen) atoms. The molecule has 0 aliphatic carbocycles. The van der Waals surface area contributed by atoms with Crippen LogP contribution < -0.4 is 5.73 Å². The van der Waals surface area contributed by atoms with Gasteiger partial charge in [-0.2, -0.15) is 5.26 Å². The van der Waals surface area contributed by atoms with Gasteiger partial charge in [0.25, 0.3) is 0 Å². The highest BCUT2D eigenvalue weighted by molar-refractivity contribution is 7.99. The number of rotatable bonds is 7. The molecule has 0 aliphatic rings. The first kappa shape index (κ1) is 14.6. The van der Waals surface area contributed by atoms with E-state index in [2.05, 4.69) is 27.9 Å². The van der Waals surface area contributed by atoms with E-state index in [1.807, 2.05) is 4.57 Å². The van der Waals surface area contributed by atoms with Crippen LogP contribution in [0.1, 0.15) is 32.6 Å². The molecule has 2 N–H and O–H groups in total. The number of thioether (sulfide) groups is 1. The van der Waals surface area contributed by atoms with Crippen molar-refractivity contribution >= 4 is 28.7 Å². The Bertz CT molecular complexity index is 615. The summed E-state index contributed by atoms with van der Waals surface area (Å²) in [6.45, 7) is 2.88. The normalized spacial score (nSPS) is 10.8. The highest BCUT2D eigenvalue weighted by atomic mass is 32.2. The number of hydrogen-bond acceptors (Lipinski definition) is 6. The lowest BCUT2D eigenvalue weighted by molar-refractivity contribution is 0.662. The Morgan fingerprint density at radius 3 is 3.00 bits per heavy atom. The first-order chi connectivity index (χ1) is 9.76. The minimum absolute atomic E-state index is 0.424. The average molecular weight is 290 g/mol. The van der Waals surface area contributed by atoms with Crippen LogP contribution in [0.25, 0.3) is 11.2 Å². The van der Waals surface area contributed by atoms with Crippen LogP contribution in [0.2, 0.25) is 0 Å². The molecule has 2 rings (SSSR count). The van der Waals surface area contributed by atoms with Gasteiger partial charge in [-0.1, -0.05) is 25.1 Å². The van der Waals surface area contributed by atoms with Crippen molar-refractivity contribution in [1.82, 2.24) is 19.5 Å². The molecule has 0 atom stereocenters. The summed E-state index contributed by atoms with van der Waals surface area (Å²) in [5.41, 5.74) is 7.34. The summed E-state index contributed by atoms with van der Waals surface area (Å²) >= 11 is 1.62. The molecule has 2 aromatic heterocycles. The summed E-state index contributed by atoms with van der Waals surface area (Å²) < 4.78 is 1.94. The fourth-order valence-electron chi connectivity index (χ4n) is 1.81. The van der Waals surface area contributed by atoms with E-state index in [0.29, 0.717) is 22.9 Å². The Morgan fingerprint density at radius 1 is 1.40 bits per heavy atom. The van der Waals surface area contributed by atoms with Gasteiger partial charge in [0.15, 0.2) is 16.6 Å². The van der Waals surface area contributed by atoms with Crippen LogP contribution in [0, 0.1) is 11.3 Å². The van der Waals surface area contributed by atoms with Crippen molar-refractivity contribution in [1.29, 1.82) is 5.26 Å². The highest BCUT2D eigenvalue weighted by Gasteiger charge is 2.11. The number of nitriles is 1. The van der Waals surface area contributed by atoms with E-state index in [-0.39, 0.29) is 0 Å². The smallest absolute Gasteiger partial charge is 0.191 e. The predicted octanol–water partition coefficient (Wildman–Crippen LogP) is 2.60. The third-order valence-corrected chi connectivity index (χ3v) is 3.82. The molecule has 2 aromatic rings. The van der Waals surface area contributed by atoms with Gasteiger partial charge in [-0.15, -0.1) is 0 Å². The molecule has 0 aliphatic heterocycles. The Hall–Kier alpha value is -1.81. The van der Waals surface area contributed by atoms with E-state index in [9.17, 15) is 0 Å². The van der Waals surface area contributed by atoms with E-state index in [4.69, 9.17) is 11.0 Å². The molecule has 6 nitrogen and oxygen atoms in total. The zero-order valence-electron chi connectivity index (χ0n) is 11.5. The van der Waals surface area contributed by atoms with Gasteiger partial charge in [-0.3, -0.25) is 0 Å². The monoisotopic (exact) mass is 290 g/mol. The molecule has 7 heteroatoms. The molecular weight excluding hydrogens is 272 g/mol. The summed E-state index contributed by atoms with van der Waals surface area (Å²) in [6.07, 6.45) is 5.31. The van der Waals surface area contributed by atoms with E-state index < -0.39 is 0 Å².